The van der Waals surface area contributed by atoms with E-state index in [0.717, 1.165) is 37.9 Å². The van der Waals surface area contributed by atoms with Gasteiger partial charge in [0.15, 0.2) is 11.5 Å². The zero-order valence-electron chi connectivity index (χ0n) is 21.8. The number of phenols is 1. The van der Waals surface area contributed by atoms with Crippen LogP contribution >= 0.6 is 0 Å². The van der Waals surface area contributed by atoms with Crippen molar-refractivity contribution in [3.63, 3.8) is 0 Å². The first-order chi connectivity index (χ1) is 16.7. The fourth-order valence-corrected chi connectivity index (χ4v) is 5.37. The summed E-state index contributed by atoms with van der Waals surface area (Å²) in [6, 6.07) is 5.54. The molecule has 2 heterocycles. The van der Waals surface area contributed by atoms with Crippen LogP contribution in [-0.4, -0.2) is 83.5 Å². The fraction of sp³-hybridized carbons (Fsp3) is 0.536. The van der Waals surface area contributed by atoms with Crippen LogP contribution < -0.4 is 4.74 Å². The SMILES string of the molecule is C[CH-]C(=O)N1CCN(C(=O)C2CC=CC3=C2CN(C(C)(C)CCc2ccc(O)c(OC)c2)C3)CC1.[Os+]. The molecule has 1 saturated heterocycles. The molecule has 1 radical (unpaired) electrons. The van der Waals surface area contributed by atoms with E-state index in [1.807, 2.05) is 21.9 Å². The third kappa shape index (κ3) is 5.98. The predicted molar refractivity (Wildman–Crippen MR) is 136 cm³/mol. The maximum atomic E-state index is 13.5. The van der Waals surface area contributed by atoms with Crippen molar-refractivity contribution in [2.45, 2.75) is 45.6 Å². The maximum Gasteiger partial charge on any atom is 1.00 e. The first kappa shape index (κ1) is 28.3. The molecule has 0 spiro atoms. The number of hydrogen-bond acceptors (Lipinski definition) is 5. The van der Waals surface area contributed by atoms with E-state index in [1.165, 1.54) is 11.1 Å². The topological polar surface area (TPSA) is 73.3 Å². The number of ether oxygens (including phenoxy) is 1. The Bertz CT molecular complexity index is 1030. The number of aromatic hydroxyl groups is 1. The molecule has 197 valence electrons. The smallest absolute Gasteiger partial charge is 0.504 e. The molecule has 2 aliphatic heterocycles. The standard InChI is InChI=1S/C28H38N3O4.Os/c1-5-26(33)29-13-15-30(16-14-29)27(34)22-8-6-7-21-18-31(19-23(21)22)28(2,3)12-11-20-9-10-24(32)25(17-20)35-4;/h5-7,9-10,17,22,32H,8,11-16,18-19H2,1-4H3;/q-1;+1. The Balaban J connectivity index is 0.00000361. The van der Waals surface area contributed by atoms with Crippen LogP contribution in [0.15, 0.2) is 41.5 Å². The number of carbonyl (C=O) groups excluding carboxylic acids is 2. The van der Waals surface area contributed by atoms with Crippen molar-refractivity contribution in [1.29, 1.82) is 0 Å². The zero-order valence-corrected chi connectivity index (χ0v) is 24.3. The summed E-state index contributed by atoms with van der Waals surface area (Å²) in [5, 5.41) is 9.87. The second-order valence-corrected chi connectivity index (χ2v) is 10.4. The molecule has 1 aromatic rings. The molecule has 1 aliphatic carbocycles. The summed E-state index contributed by atoms with van der Waals surface area (Å²) in [6.45, 7) is 10.4. The largest absolute Gasteiger partial charge is 1.00 e. The van der Waals surface area contributed by atoms with Gasteiger partial charge >= 0.3 is 19.8 Å². The summed E-state index contributed by atoms with van der Waals surface area (Å²) < 4.78 is 5.26. The second-order valence-electron chi connectivity index (χ2n) is 10.4. The Hall–Kier alpha value is -2.29. The Morgan fingerprint density at radius 1 is 1.14 bits per heavy atom. The van der Waals surface area contributed by atoms with Gasteiger partial charge in [0, 0.05) is 44.8 Å². The number of allylic oxidation sites excluding steroid dienone is 1. The summed E-state index contributed by atoms with van der Waals surface area (Å²) in [7, 11) is 1.57. The first-order valence-electron chi connectivity index (χ1n) is 12.6. The zero-order chi connectivity index (χ0) is 25.2. The number of hydrogen-bond donors (Lipinski definition) is 1. The minimum atomic E-state index is -0.0999. The Kier molecular flexibility index (Phi) is 9.30. The number of aryl methyl sites for hydroxylation is 1. The summed E-state index contributed by atoms with van der Waals surface area (Å²) >= 11 is 0. The van der Waals surface area contributed by atoms with E-state index in [2.05, 4.69) is 30.9 Å². The number of carbonyl (C=O) groups is 2. The minimum Gasteiger partial charge on any atom is -0.504 e. The van der Waals surface area contributed by atoms with E-state index >= 15 is 0 Å². The van der Waals surface area contributed by atoms with Crippen LogP contribution in [0.1, 0.15) is 39.2 Å². The van der Waals surface area contributed by atoms with Crippen molar-refractivity contribution in [2.75, 3.05) is 46.4 Å². The third-order valence-electron chi connectivity index (χ3n) is 7.82. The molecule has 1 atom stereocenters. The number of methoxy groups -OCH3 is 1. The number of rotatable bonds is 7. The van der Waals surface area contributed by atoms with Crippen molar-refractivity contribution in [2.24, 2.45) is 5.92 Å². The molecule has 3 aliphatic rings. The molecular weight excluding hydrogens is 633 g/mol. The van der Waals surface area contributed by atoms with Crippen LogP contribution in [0.3, 0.4) is 0 Å². The van der Waals surface area contributed by atoms with Gasteiger partial charge in [0.25, 0.3) is 0 Å². The Morgan fingerprint density at radius 2 is 1.83 bits per heavy atom. The number of benzene rings is 1. The van der Waals surface area contributed by atoms with Crippen molar-refractivity contribution in [3.8, 4) is 11.5 Å². The average molecular weight is 671 g/mol. The van der Waals surface area contributed by atoms with E-state index in [-0.39, 0.29) is 48.8 Å². The van der Waals surface area contributed by atoms with Crippen LogP contribution in [-0.2, 0) is 35.8 Å². The van der Waals surface area contributed by atoms with Crippen molar-refractivity contribution in [1.82, 2.24) is 14.7 Å². The van der Waals surface area contributed by atoms with Crippen LogP contribution in [0, 0.1) is 12.3 Å². The molecule has 1 aromatic carbocycles. The van der Waals surface area contributed by atoms with E-state index in [1.54, 1.807) is 26.5 Å². The molecule has 36 heavy (non-hydrogen) atoms. The van der Waals surface area contributed by atoms with Gasteiger partial charge in [-0.1, -0.05) is 18.2 Å². The van der Waals surface area contributed by atoms with E-state index in [9.17, 15) is 14.7 Å². The number of amides is 2. The first-order valence-corrected chi connectivity index (χ1v) is 12.6. The average Bonchev–Trinajstić information content (AvgIpc) is 3.33. The molecule has 8 heteroatoms. The Morgan fingerprint density at radius 3 is 2.50 bits per heavy atom. The van der Waals surface area contributed by atoms with Gasteiger partial charge in [-0.25, -0.2) is 0 Å². The Labute approximate surface area is 228 Å². The summed E-state index contributed by atoms with van der Waals surface area (Å²) in [5.41, 5.74) is 3.63. The summed E-state index contributed by atoms with van der Waals surface area (Å²) in [5.74, 6) is 0.804. The summed E-state index contributed by atoms with van der Waals surface area (Å²) in [6.07, 6.45) is 8.52. The van der Waals surface area contributed by atoms with Gasteiger partial charge in [0.1, 0.15) is 0 Å². The van der Waals surface area contributed by atoms with E-state index in [0.29, 0.717) is 31.9 Å². The van der Waals surface area contributed by atoms with Crippen LogP contribution in [0.5, 0.6) is 11.5 Å². The molecule has 0 bridgehead atoms. The van der Waals surface area contributed by atoms with Crippen LogP contribution in [0.2, 0.25) is 0 Å². The van der Waals surface area contributed by atoms with Crippen molar-refractivity contribution >= 4 is 11.8 Å². The minimum absolute atomic E-state index is 0. The van der Waals surface area contributed by atoms with Gasteiger partial charge in [0.2, 0.25) is 5.91 Å². The van der Waals surface area contributed by atoms with E-state index in [4.69, 9.17) is 4.74 Å². The molecule has 0 saturated carbocycles. The van der Waals surface area contributed by atoms with Crippen LogP contribution in [0.25, 0.3) is 0 Å². The molecule has 1 fully saturated rings. The second kappa shape index (κ2) is 11.8. The van der Waals surface area contributed by atoms with Crippen LogP contribution in [0.4, 0.5) is 0 Å². The fourth-order valence-electron chi connectivity index (χ4n) is 5.37. The van der Waals surface area contributed by atoms with Gasteiger partial charge in [-0.3, -0.25) is 9.69 Å². The normalized spacial score (nSPS) is 20.2. The predicted octanol–water partition coefficient (Wildman–Crippen LogP) is 3.19. The molecule has 0 aromatic heterocycles. The van der Waals surface area contributed by atoms with Gasteiger partial charge in [-0.2, -0.15) is 6.92 Å². The molecule has 1 unspecified atom stereocenters. The molecular formula is C28H38N3O4Os. The van der Waals surface area contributed by atoms with Crippen molar-refractivity contribution in [3.05, 3.63) is 53.5 Å². The molecule has 1 N–H and O–H groups in total. The number of nitrogens with zero attached hydrogens (tertiary/aromatic N) is 3. The quantitative estimate of drug-likeness (QED) is 0.452. The van der Waals surface area contributed by atoms with E-state index < -0.39 is 0 Å². The monoisotopic (exact) mass is 672 g/mol. The van der Waals surface area contributed by atoms with Gasteiger partial charge < -0.3 is 30.9 Å². The molecule has 7 nitrogen and oxygen atoms in total. The van der Waals surface area contributed by atoms with Gasteiger partial charge in [0.05, 0.1) is 18.9 Å². The van der Waals surface area contributed by atoms with Gasteiger partial charge in [-0.05, 0) is 62.0 Å². The maximum absolute atomic E-state index is 13.5. The number of piperazine rings is 1. The van der Waals surface area contributed by atoms with Gasteiger partial charge in [-0.15, -0.1) is 0 Å². The summed E-state index contributed by atoms with van der Waals surface area (Å²) in [4.78, 5) is 31.7. The third-order valence-corrected chi connectivity index (χ3v) is 7.82. The molecule has 4 rings (SSSR count). The van der Waals surface area contributed by atoms with Crippen molar-refractivity contribution < 1.29 is 39.2 Å². The molecule has 2 amide bonds. The number of phenolic OH excluding ortho intramolecular Hbond substituents is 1.